The van der Waals surface area contributed by atoms with E-state index in [-0.39, 0.29) is 30.0 Å². The highest BCUT2D eigenvalue weighted by Gasteiger charge is 2.04. The number of guanidine groups is 1. The Morgan fingerprint density at radius 3 is 2.55 bits per heavy atom. The molecule has 0 heterocycles. The second kappa shape index (κ2) is 12.7. The Morgan fingerprint density at radius 1 is 1.23 bits per heavy atom. The summed E-state index contributed by atoms with van der Waals surface area (Å²) in [5, 5.41) is 3.08. The highest BCUT2D eigenvalue weighted by molar-refractivity contribution is 14.0. The summed E-state index contributed by atoms with van der Waals surface area (Å²) in [6.07, 6.45) is 0. The molecule has 2 unspecified atom stereocenters. The molecule has 0 aliphatic rings. The number of benzene rings is 1. The molecule has 0 saturated carbocycles. The molecular weight excluding hydrogens is 393 g/mol. The third-order valence-corrected chi connectivity index (χ3v) is 2.90. The van der Waals surface area contributed by atoms with Crippen molar-refractivity contribution in [3.8, 4) is 0 Å². The van der Waals surface area contributed by atoms with Gasteiger partial charge in [-0.25, -0.2) is 0 Å². The molecule has 5 nitrogen and oxygen atoms in total. The highest BCUT2D eigenvalue weighted by Crippen LogP contribution is 2.03. The normalized spacial score (nSPS) is 14.0. The van der Waals surface area contributed by atoms with Gasteiger partial charge in [-0.3, -0.25) is 4.99 Å². The van der Waals surface area contributed by atoms with Gasteiger partial charge >= 0.3 is 0 Å². The fourth-order valence-corrected chi connectivity index (χ4v) is 1.85. The molecule has 0 fully saturated rings. The number of rotatable bonds is 9. The van der Waals surface area contributed by atoms with Gasteiger partial charge in [-0.1, -0.05) is 37.3 Å². The van der Waals surface area contributed by atoms with Crippen LogP contribution in [0.25, 0.3) is 0 Å². The van der Waals surface area contributed by atoms with Crippen molar-refractivity contribution in [3.63, 3.8) is 0 Å². The zero-order chi connectivity index (χ0) is 15.5. The van der Waals surface area contributed by atoms with E-state index in [4.69, 9.17) is 15.2 Å². The topological polar surface area (TPSA) is 68.9 Å². The molecule has 0 amide bonds. The van der Waals surface area contributed by atoms with Crippen LogP contribution in [0.4, 0.5) is 0 Å². The van der Waals surface area contributed by atoms with E-state index in [1.165, 1.54) is 5.56 Å². The first-order chi connectivity index (χ1) is 10.1. The standard InChI is InChI=1S/C16H27N3O2.HI/c1-13(9-18-16(17)19-14(2)11-20-3)10-21-12-15-7-5-4-6-8-15;/h4-8,13-14H,9-12H2,1-3H3,(H3,17,18,19);1H. The minimum Gasteiger partial charge on any atom is -0.383 e. The van der Waals surface area contributed by atoms with Gasteiger partial charge in [0.2, 0.25) is 0 Å². The summed E-state index contributed by atoms with van der Waals surface area (Å²) >= 11 is 0. The maximum absolute atomic E-state index is 5.82. The van der Waals surface area contributed by atoms with Crippen LogP contribution in [0.2, 0.25) is 0 Å². The van der Waals surface area contributed by atoms with Crippen LogP contribution in [-0.4, -0.2) is 38.9 Å². The Balaban J connectivity index is 0.00000441. The molecule has 6 heteroatoms. The minimum absolute atomic E-state index is 0. The first-order valence-corrected chi connectivity index (χ1v) is 7.29. The zero-order valence-electron chi connectivity index (χ0n) is 13.6. The summed E-state index contributed by atoms with van der Waals surface area (Å²) in [5.74, 6) is 0.779. The SMILES string of the molecule is COCC(C)NC(N)=NCC(C)COCc1ccccc1.I. The van der Waals surface area contributed by atoms with Gasteiger partial charge in [-0.05, 0) is 18.4 Å². The lowest BCUT2D eigenvalue weighted by atomic mass is 10.2. The Morgan fingerprint density at radius 2 is 1.91 bits per heavy atom. The van der Waals surface area contributed by atoms with Gasteiger partial charge < -0.3 is 20.5 Å². The number of methoxy groups -OCH3 is 1. The molecular formula is C16H28IN3O2. The van der Waals surface area contributed by atoms with Crippen LogP contribution in [0, 0.1) is 5.92 Å². The average molecular weight is 421 g/mol. The van der Waals surface area contributed by atoms with Crippen molar-refractivity contribution < 1.29 is 9.47 Å². The van der Waals surface area contributed by atoms with Gasteiger partial charge in [0.25, 0.3) is 0 Å². The van der Waals surface area contributed by atoms with Crippen molar-refractivity contribution in [2.45, 2.75) is 26.5 Å². The van der Waals surface area contributed by atoms with E-state index >= 15 is 0 Å². The number of aliphatic imine (C=N–C) groups is 1. The largest absolute Gasteiger partial charge is 0.383 e. The lowest BCUT2D eigenvalue weighted by Gasteiger charge is -2.14. The van der Waals surface area contributed by atoms with Crippen LogP contribution in [0.3, 0.4) is 0 Å². The maximum atomic E-state index is 5.82. The number of nitrogens with zero attached hydrogens (tertiary/aromatic N) is 1. The number of nitrogens with two attached hydrogens (primary N) is 1. The van der Waals surface area contributed by atoms with Gasteiger partial charge in [-0.15, -0.1) is 24.0 Å². The van der Waals surface area contributed by atoms with Crippen molar-refractivity contribution in [1.82, 2.24) is 5.32 Å². The van der Waals surface area contributed by atoms with E-state index in [2.05, 4.69) is 29.4 Å². The summed E-state index contributed by atoms with van der Waals surface area (Å²) in [6, 6.07) is 10.3. The molecule has 0 bridgehead atoms. The highest BCUT2D eigenvalue weighted by atomic mass is 127. The van der Waals surface area contributed by atoms with Crippen molar-refractivity contribution in [3.05, 3.63) is 35.9 Å². The molecule has 0 saturated heterocycles. The molecule has 1 aromatic rings. The van der Waals surface area contributed by atoms with Crippen molar-refractivity contribution in [1.29, 1.82) is 0 Å². The zero-order valence-corrected chi connectivity index (χ0v) is 15.9. The first-order valence-electron chi connectivity index (χ1n) is 7.29. The molecule has 0 spiro atoms. The van der Waals surface area contributed by atoms with Crippen molar-refractivity contribution in [2.24, 2.45) is 16.6 Å². The monoisotopic (exact) mass is 421 g/mol. The maximum Gasteiger partial charge on any atom is 0.188 e. The molecule has 0 aliphatic heterocycles. The molecule has 1 rings (SSSR count). The molecule has 0 aliphatic carbocycles. The lowest BCUT2D eigenvalue weighted by Crippen LogP contribution is -2.41. The fourth-order valence-electron chi connectivity index (χ4n) is 1.85. The van der Waals surface area contributed by atoms with E-state index in [0.29, 0.717) is 38.2 Å². The molecule has 2 atom stereocenters. The van der Waals surface area contributed by atoms with Gasteiger partial charge in [0, 0.05) is 19.7 Å². The third kappa shape index (κ3) is 9.97. The fraction of sp³-hybridized carbons (Fsp3) is 0.562. The molecule has 0 radical (unpaired) electrons. The second-order valence-electron chi connectivity index (χ2n) is 5.33. The Bertz CT molecular complexity index is 415. The second-order valence-corrected chi connectivity index (χ2v) is 5.33. The number of hydrogen-bond donors (Lipinski definition) is 2. The molecule has 22 heavy (non-hydrogen) atoms. The summed E-state index contributed by atoms with van der Waals surface area (Å²) in [6.45, 7) is 6.64. The summed E-state index contributed by atoms with van der Waals surface area (Å²) in [4.78, 5) is 4.32. The summed E-state index contributed by atoms with van der Waals surface area (Å²) in [5.41, 5.74) is 7.00. The van der Waals surface area contributed by atoms with Crippen molar-refractivity contribution >= 4 is 29.9 Å². The number of ether oxygens (including phenoxy) is 2. The molecule has 0 aromatic heterocycles. The molecule has 126 valence electrons. The van der Waals surface area contributed by atoms with Crippen LogP contribution in [0.1, 0.15) is 19.4 Å². The minimum atomic E-state index is 0. The summed E-state index contributed by atoms with van der Waals surface area (Å²) in [7, 11) is 1.66. The predicted molar refractivity (Wildman–Crippen MR) is 102 cm³/mol. The van der Waals surface area contributed by atoms with Gasteiger partial charge in [0.15, 0.2) is 5.96 Å². The number of nitrogens with one attached hydrogen (secondary N) is 1. The quantitative estimate of drug-likeness (QED) is 0.365. The molecule has 1 aromatic carbocycles. The van der Waals surface area contributed by atoms with Gasteiger partial charge in [-0.2, -0.15) is 0 Å². The Kier molecular flexibility index (Phi) is 12.2. The average Bonchev–Trinajstić information content (AvgIpc) is 2.46. The Hall–Kier alpha value is -0.860. The van der Waals surface area contributed by atoms with Crippen LogP contribution in [-0.2, 0) is 16.1 Å². The van der Waals surface area contributed by atoms with Gasteiger partial charge in [0.05, 0.1) is 19.8 Å². The predicted octanol–water partition coefficient (Wildman–Crippen LogP) is 2.40. The van der Waals surface area contributed by atoms with E-state index in [9.17, 15) is 0 Å². The van der Waals surface area contributed by atoms with Crippen LogP contribution < -0.4 is 11.1 Å². The van der Waals surface area contributed by atoms with Crippen LogP contribution >= 0.6 is 24.0 Å². The number of halogens is 1. The van der Waals surface area contributed by atoms with Crippen LogP contribution in [0.5, 0.6) is 0 Å². The van der Waals surface area contributed by atoms with E-state index in [1.54, 1.807) is 7.11 Å². The van der Waals surface area contributed by atoms with E-state index < -0.39 is 0 Å². The molecule has 3 N–H and O–H groups in total. The first kappa shape index (κ1) is 21.1. The number of hydrogen-bond acceptors (Lipinski definition) is 3. The van der Waals surface area contributed by atoms with Crippen molar-refractivity contribution in [2.75, 3.05) is 26.9 Å². The third-order valence-electron chi connectivity index (χ3n) is 2.90. The van der Waals surface area contributed by atoms with E-state index in [0.717, 1.165) is 0 Å². The van der Waals surface area contributed by atoms with Gasteiger partial charge in [0.1, 0.15) is 0 Å². The lowest BCUT2D eigenvalue weighted by molar-refractivity contribution is 0.0945. The smallest absolute Gasteiger partial charge is 0.188 e. The summed E-state index contributed by atoms with van der Waals surface area (Å²) < 4.78 is 10.7. The van der Waals surface area contributed by atoms with Crippen LogP contribution in [0.15, 0.2) is 35.3 Å². The van der Waals surface area contributed by atoms with E-state index in [1.807, 2.05) is 25.1 Å². The Labute approximate surface area is 150 Å².